The van der Waals surface area contributed by atoms with Crippen LogP contribution < -0.4 is 26.8 Å². The van der Waals surface area contributed by atoms with Crippen molar-refractivity contribution >= 4 is 41.6 Å². The van der Waals surface area contributed by atoms with Gasteiger partial charge >= 0.3 is 0 Å². The molecule has 1 unspecified atom stereocenters. The van der Waals surface area contributed by atoms with E-state index in [0.29, 0.717) is 0 Å². The Balaban J connectivity index is 1.52. The number of hydrogen-bond acceptors (Lipinski definition) is 2. The Morgan fingerprint density at radius 1 is 0.833 bits per heavy atom. The fraction of sp³-hybridized carbons (Fsp3) is 0.0400. The molecule has 0 amide bonds. The molecule has 30 heavy (non-hydrogen) atoms. The lowest BCUT2D eigenvalue weighted by atomic mass is 10.3. The molecule has 5 nitrogen and oxygen atoms in total. The van der Waals surface area contributed by atoms with E-state index in [9.17, 15) is 0 Å². The molecule has 0 fully saturated rings. The second-order valence-electron chi connectivity index (χ2n) is 7.86. The summed E-state index contributed by atoms with van der Waals surface area (Å²) in [4.78, 5) is 16.6. The third-order valence-corrected chi connectivity index (χ3v) is 5.75. The number of H-pyrrole nitrogens is 2. The summed E-state index contributed by atoms with van der Waals surface area (Å²) in [6.45, 7) is 0. The van der Waals surface area contributed by atoms with Crippen LogP contribution in [0, 0.1) is 0 Å². The molecule has 0 radical (unpaired) electrons. The van der Waals surface area contributed by atoms with Crippen molar-refractivity contribution in [1.29, 1.82) is 0 Å². The average Bonchev–Trinajstić information content (AvgIpc) is 3.51. The second kappa shape index (κ2) is 5.70. The zero-order chi connectivity index (χ0) is 19.7. The number of hydrogen-bond donors (Lipinski definition) is 2. The fourth-order valence-electron chi connectivity index (χ4n) is 4.42. The maximum atomic E-state index is 4.85. The van der Waals surface area contributed by atoms with Gasteiger partial charge in [0.25, 0.3) is 0 Å². The molecule has 142 valence electrons. The van der Waals surface area contributed by atoms with Crippen LogP contribution in [-0.2, 0) is 0 Å². The Labute approximate surface area is 170 Å². The summed E-state index contributed by atoms with van der Waals surface area (Å²) in [5.74, 6) is 0. The second-order valence-corrected chi connectivity index (χ2v) is 7.86. The number of aromatic amines is 2. The lowest BCUT2D eigenvalue weighted by Crippen LogP contribution is -2.29. The third kappa shape index (κ3) is 2.42. The lowest BCUT2D eigenvalue weighted by Gasteiger charge is -1.96. The van der Waals surface area contributed by atoms with Crippen molar-refractivity contribution in [3.63, 3.8) is 0 Å². The summed E-state index contributed by atoms with van der Waals surface area (Å²) in [6.07, 6.45) is 14.8. The molecule has 3 aliphatic rings. The SMILES string of the molecule is C1=CC2/C=c3/ccc4cc5c(n34)=C/C(=C/c3ccc([nH]3)/C=c3/cc/c([nH]3)=C/C1=N2)N=5. The molecular formula is C25H17N5. The highest BCUT2D eigenvalue weighted by atomic mass is 14.9. The highest BCUT2D eigenvalue weighted by Crippen LogP contribution is 2.12. The summed E-state index contributed by atoms with van der Waals surface area (Å²) in [5, 5.41) is 5.37. The monoisotopic (exact) mass is 387 g/mol. The van der Waals surface area contributed by atoms with E-state index in [1.807, 2.05) is 0 Å². The zero-order valence-electron chi connectivity index (χ0n) is 16.0. The Morgan fingerprint density at radius 2 is 1.70 bits per heavy atom. The minimum atomic E-state index is 0.0310. The molecule has 0 saturated heterocycles. The lowest BCUT2D eigenvalue weighted by molar-refractivity contribution is 1.06. The minimum absolute atomic E-state index is 0.0310. The van der Waals surface area contributed by atoms with Crippen molar-refractivity contribution in [2.75, 3.05) is 0 Å². The maximum absolute atomic E-state index is 4.85. The number of aliphatic imine (C=N–C) groups is 1. The van der Waals surface area contributed by atoms with E-state index in [1.54, 1.807) is 0 Å². The van der Waals surface area contributed by atoms with Crippen LogP contribution in [0.1, 0.15) is 11.4 Å². The number of nitrogens with one attached hydrogen (secondary N) is 2. The van der Waals surface area contributed by atoms with Crippen molar-refractivity contribution in [3.05, 3.63) is 98.5 Å². The molecule has 0 aliphatic carbocycles. The van der Waals surface area contributed by atoms with Crippen LogP contribution in [0.15, 0.2) is 70.3 Å². The molecule has 8 bridgehead atoms. The molecule has 4 aromatic heterocycles. The predicted octanol–water partition coefficient (Wildman–Crippen LogP) is 0.552. The van der Waals surface area contributed by atoms with Crippen molar-refractivity contribution in [2.24, 2.45) is 9.98 Å². The molecule has 7 rings (SSSR count). The Kier molecular flexibility index (Phi) is 3.00. The molecule has 3 aliphatic heterocycles. The molecular weight excluding hydrogens is 370 g/mol. The van der Waals surface area contributed by atoms with Gasteiger partial charge in [0.1, 0.15) is 0 Å². The van der Waals surface area contributed by atoms with Gasteiger partial charge in [0.15, 0.2) is 0 Å². The Hall–Kier alpha value is -4.12. The fourth-order valence-corrected chi connectivity index (χ4v) is 4.42. The van der Waals surface area contributed by atoms with Gasteiger partial charge in [0, 0.05) is 33.0 Å². The van der Waals surface area contributed by atoms with Crippen LogP contribution >= 0.6 is 0 Å². The number of allylic oxidation sites excluding steroid dienone is 2. The summed E-state index contributed by atoms with van der Waals surface area (Å²) < 4.78 is 2.26. The van der Waals surface area contributed by atoms with E-state index in [0.717, 1.165) is 55.1 Å². The Bertz CT molecular complexity index is 1750. The molecule has 5 heteroatoms. The van der Waals surface area contributed by atoms with E-state index in [4.69, 9.17) is 9.98 Å². The van der Waals surface area contributed by atoms with Crippen LogP contribution in [0.3, 0.4) is 0 Å². The van der Waals surface area contributed by atoms with Gasteiger partial charge in [-0.2, -0.15) is 0 Å². The summed E-state index contributed by atoms with van der Waals surface area (Å²) in [5.41, 5.74) is 5.17. The maximum Gasteiger partial charge on any atom is 0.0899 e. The predicted molar refractivity (Wildman–Crippen MR) is 120 cm³/mol. The van der Waals surface area contributed by atoms with Crippen LogP contribution in [0.4, 0.5) is 0 Å². The molecule has 0 spiro atoms. The Morgan fingerprint density at radius 3 is 2.63 bits per heavy atom. The molecule has 0 saturated carbocycles. The van der Waals surface area contributed by atoms with E-state index < -0.39 is 0 Å². The van der Waals surface area contributed by atoms with Gasteiger partial charge in [0.2, 0.25) is 0 Å². The van der Waals surface area contributed by atoms with Crippen molar-refractivity contribution in [2.45, 2.75) is 6.04 Å². The minimum Gasteiger partial charge on any atom is -0.355 e. The summed E-state index contributed by atoms with van der Waals surface area (Å²) in [7, 11) is 0. The van der Waals surface area contributed by atoms with E-state index in [-0.39, 0.29) is 6.04 Å². The van der Waals surface area contributed by atoms with Crippen molar-refractivity contribution in [1.82, 2.24) is 14.4 Å². The standard InChI is InChI=1S/C25H17N5/c1-2-16-10-18-5-6-20(28-18)12-22-7-8-23-14-24-25(30(22)23)13-21(29-24)11-19-4-3-17(27-19)9-15(1)26-16/h1-14,20,26-27H/b15-9-,16-10-,21-11-,22-12-. The number of aromatic nitrogens is 3. The van der Waals surface area contributed by atoms with Gasteiger partial charge in [-0.1, -0.05) is 6.08 Å². The number of fused-ring (bicyclic) bond motifs is 6. The van der Waals surface area contributed by atoms with Crippen molar-refractivity contribution < 1.29 is 0 Å². The van der Waals surface area contributed by atoms with Crippen LogP contribution in [-0.4, -0.2) is 26.1 Å². The first-order chi connectivity index (χ1) is 14.8. The molecule has 1 atom stereocenters. The third-order valence-electron chi connectivity index (χ3n) is 5.75. The first-order valence-corrected chi connectivity index (χ1v) is 10.0. The van der Waals surface area contributed by atoms with Gasteiger partial charge in [-0.3, -0.25) is 4.99 Å². The molecule has 7 heterocycles. The van der Waals surface area contributed by atoms with E-state index in [1.165, 1.54) is 0 Å². The van der Waals surface area contributed by atoms with Gasteiger partial charge in [-0.05, 0) is 78.9 Å². The van der Waals surface area contributed by atoms with Gasteiger partial charge in [0.05, 0.1) is 28.2 Å². The largest absolute Gasteiger partial charge is 0.355 e. The van der Waals surface area contributed by atoms with Gasteiger partial charge in [-0.25, -0.2) is 4.99 Å². The molecule has 4 aromatic rings. The van der Waals surface area contributed by atoms with Crippen LogP contribution in [0.5, 0.6) is 0 Å². The van der Waals surface area contributed by atoms with Gasteiger partial charge in [-0.15, -0.1) is 0 Å². The van der Waals surface area contributed by atoms with Crippen molar-refractivity contribution in [3.8, 4) is 0 Å². The van der Waals surface area contributed by atoms with E-state index in [2.05, 4.69) is 99.4 Å². The quantitative estimate of drug-likeness (QED) is 0.443. The molecule has 0 aromatic carbocycles. The zero-order valence-corrected chi connectivity index (χ0v) is 16.0. The first kappa shape index (κ1) is 15.8. The highest BCUT2D eigenvalue weighted by molar-refractivity contribution is 6.18. The van der Waals surface area contributed by atoms with Crippen LogP contribution in [0.2, 0.25) is 0 Å². The summed E-state index contributed by atoms with van der Waals surface area (Å²) >= 11 is 0. The smallest absolute Gasteiger partial charge is 0.0899 e. The van der Waals surface area contributed by atoms with Crippen LogP contribution in [0.25, 0.3) is 35.9 Å². The number of rotatable bonds is 0. The normalized spacial score (nSPS) is 23.7. The van der Waals surface area contributed by atoms with E-state index >= 15 is 0 Å². The number of nitrogens with zero attached hydrogens (tertiary/aromatic N) is 3. The average molecular weight is 387 g/mol. The van der Waals surface area contributed by atoms with Gasteiger partial charge < -0.3 is 14.4 Å². The highest BCUT2D eigenvalue weighted by Gasteiger charge is 2.11. The summed E-state index contributed by atoms with van der Waals surface area (Å²) in [6, 6.07) is 14.8. The first-order valence-electron chi connectivity index (χ1n) is 10.0. The molecule has 2 N–H and O–H groups in total. The topological polar surface area (TPSA) is 60.7 Å².